The van der Waals surface area contributed by atoms with E-state index in [4.69, 9.17) is 9.15 Å². The molecule has 0 radical (unpaired) electrons. The van der Waals surface area contributed by atoms with Gasteiger partial charge in [0, 0.05) is 17.0 Å². The van der Waals surface area contributed by atoms with Crippen molar-refractivity contribution in [2.45, 2.75) is 38.1 Å². The van der Waals surface area contributed by atoms with Gasteiger partial charge in [-0.15, -0.1) is 10.2 Å². The monoisotopic (exact) mass is 394 g/mol. The summed E-state index contributed by atoms with van der Waals surface area (Å²) in [5, 5.41) is 12.8. The van der Waals surface area contributed by atoms with Crippen LogP contribution in [0.4, 0.5) is 5.69 Å². The molecular weight excluding hydrogens is 372 g/mol. The fourth-order valence-corrected chi connectivity index (χ4v) is 3.76. The van der Waals surface area contributed by atoms with Crippen LogP contribution in [0.25, 0.3) is 17.3 Å². The molecule has 1 aromatic carbocycles. The fraction of sp³-hybridized carbons (Fsp3) is 0.286. The van der Waals surface area contributed by atoms with Crippen LogP contribution in [0.1, 0.15) is 32.4 Å². The maximum absolute atomic E-state index is 6.25. The Morgan fingerprint density at radius 1 is 1.21 bits per heavy atom. The molecule has 0 amide bonds. The van der Waals surface area contributed by atoms with Crippen LogP contribution in [0.3, 0.4) is 0 Å². The van der Waals surface area contributed by atoms with Crippen LogP contribution in [0.15, 0.2) is 57.8 Å². The van der Waals surface area contributed by atoms with E-state index in [0.717, 1.165) is 41.2 Å². The molecule has 6 nitrogen and oxygen atoms in total. The number of nitrogens with one attached hydrogen (secondary N) is 1. The Morgan fingerprint density at radius 2 is 2.11 bits per heavy atom. The maximum Gasteiger partial charge on any atom is 0.247 e. The Labute approximate surface area is 168 Å². The van der Waals surface area contributed by atoms with Crippen LogP contribution in [-0.4, -0.2) is 27.2 Å². The first kappa shape index (κ1) is 18.6. The normalized spacial score (nSPS) is 15.8. The number of unbranched alkanes of at least 4 members (excludes halogenated alkanes) is 1. The Kier molecular flexibility index (Phi) is 5.62. The van der Waals surface area contributed by atoms with Gasteiger partial charge in [-0.25, -0.2) is 0 Å². The van der Waals surface area contributed by atoms with Crippen molar-refractivity contribution in [3.8, 4) is 17.1 Å². The van der Waals surface area contributed by atoms with Crippen molar-refractivity contribution in [3.63, 3.8) is 0 Å². The van der Waals surface area contributed by atoms with Gasteiger partial charge in [-0.05, 0) is 43.2 Å². The Hall–Kier alpha value is -2.80. The summed E-state index contributed by atoms with van der Waals surface area (Å²) < 4.78 is 11.7. The molecule has 2 aromatic heterocycles. The molecule has 0 unspecified atom stereocenters. The van der Waals surface area contributed by atoms with Crippen LogP contribution >= 0.6 is 11.8 Å². The lowest BCUT2D eigenvalue weighted by atomic mass is 10.1. The lowest BCUT2D eigenvalue weighted by Crippen LogP contribution is -2.27. The Bertz CT molecular complexity index is 972. The molecule has 1 N–H and O–H groups in total. The van der Waals surface area contributed by atoms with Gasteiger partial charge >= 0.3 is 0 Å². The van der Waals surface area contributed by atoms with Crippen LogP contribution in [0, 0.1) is 0 Å². The molecule has 0 spiro atoms. The van der Waals surface area contributed by atoms with Crippen LogP contribution in [0.2, 0.25) is 0 Å². The van der Waals surface area contributed by atoms with Gasteiger partial charge < -0.3 is 14.5 Å². The molecular formula is C21H22N4O2S. The highest BCUT2D eigenvalue weighted by Gasteiger charge is 2.26. The zero-order valence-corrected chi connectivity index (χ0v) is 16.7. The summed E-state index contributed by atoms with van der Waals surface area (Å²) in [5.41, 5.74) is 3.48. The summed E-state index contributed by atoms with van der Waals surface area (Å²) in [5.74, 6) is 2.23. The predicted molar refractivity (Wildman–Crippen MR) is 111 cm³/mol. The second-order valence-corrected chi connectivity index (χ2v) is 7.60. The van der Waals surface area contributed by atoms with Gasteiger partial charge in [-0.2, -0.15) is 4.98 Å². The van der Waals surface area contributed by atoms with Crippen molar-refractivity contribution >= 4 is 23.5 Å². The molecule has 1 aliphatic rings. The van der Waals surface area contributed by atoms with Crippen molar-refractivity contribution in [1.82, 2.24) is 15.2 Å². The number of nitrogens with zero attached hydrogens (tertiary/aromatic N) is 3. The molecule has 3 heterocycles. The quantitative estimate of drug-likeness (QED) is 0.452. The third-order valence-electron chi connectivity index (χ3n) is 4.39. The summed E-state index contributed by atoms with van der Waals surface area (Å²) in [6, 6.07) is 11.7. The lowest BCUT2D eigenvalue weighted by molar-refractivity contribution is 0.255. The smallest absolute Gasteiger partial charge is 0.247 e. The van der Waals surface area contributed by atoms with Crippen molar-refractivity contribution in [3.05, 3.63) is 54.0 Å². The van der Waals surface area contributed by atoms with Gasteiger partial charge in [0.05, 0.1) is 6.26 Å². The van der Waals surface area contributed by atoms with Gasteiger partial charge in [-0.3, -0.25) is 0 Å². The third-order valence-corrected chi connectivity index (χ3v) is 5.31. The molecule has 4 rings (SSSR count). The average molecular weight is 395 g/mol. The molecule has 0 saturated heterocycles. The molecule has 1 aliphatic heterocycles. The summed E-state index contributed by atoms with van der Waals surface area (Å²) in [7, 11) is 0. The minimum Gasteiger partial charge on any atom is -0.465 e. The van der Waals surface area contributed by atoms with Crippen molar-refractivity contribution in [1.29, 1.82) is 0 Å². The number of para-hydroxylation sites is 1. The molecule has 0 fully saturated rings. The summed E-state index contributed by atoms with van der Waals surface area (Å²) in [4.78, 5) is 4.65. The van der Waals surface area contributed by atoms with E-state index >= 15 is 0 Å². The van der Waals surface area contributed by atoms with Gasteiger partial charge in [0.2, 0.25) is 11.0 Å². The zero-order chi connectivity index (χ0) is 19.3. The second kappa shape index (κ2) is 8.48. The summed E-state index contributed by atoms with van der Waals surface area (Å²) in [6.45, 7) is 4.17. The number of ether oxygens (including phenoxy) is 1. The molecule has 0 bridgehead atoms. The molecule has 0 aliphatic carbocycles. The van der Waals surface area contributed by atoms with E-state index in [9.17, 15) is 0 Å². The van der Waals surface area contributed by atoms with E-state index < -0.39 is 6.23 Å². The first-order valence-corrected chi connectivity index (χ1v) is 10.3. The standard InChI is InChI=1S/C21H22N4O2S/c1-3-4-12-28-21-23-20-18(24-25-21)16-9-5-6-10-17(16)22-19(27-20)14(2)13-15-8-7-11-26-15/h5-11,13,19,22H,3-4,12H2,1-2H3/b14-13-/t19-/m0/s1. The summed E-state index contributed by atoms with van der Waals surface area (Å²) in [6.07, 6.45) is 5.47. The van der Waals surface area contributed by atoms with Gasteiger partial charge in [-0.1, -0.05) is 43.3 Å². The van der Waals surface area contributed by atoms with E-state index in [2.05, 4.69) is 27.4 Å². The maximum atomic E-state index is 6.25. The van der Waals surface area contributed by atoms with Crippen molar-refractivity contribution in [2.24, 2.45) is 0 Å². The highest BCUT2D eigenvalue weighted by Crippen LogP contribution is 2.37. The number of benzene rings is 1. The number of aromatic nitrogens is 3. The van der Waals surface area contributed by atoms with Gasteiger partial charge in [0.25, 0.3) is 0 Å². The fourth-order valence-electron chi connectivity index (χ4n) is 2.90. The Balaban J connectivity index is 1.70. The lowest BCUT2D eigenvalue weighted by Gasteiger charge is -2.19. The van der Waals surface area contributed by atoms with Gasteiger partial charge in [0.1, 0.15) is 5.76 Å². The van der Waals surface area contributed by atoms with E-state index in [1.165, 1.54) is 0 Å². The average Bonchev–Trinajstić information content (AvgIpc) is 3.15. The molecule has 3 aromatic rings. The number of rotatable bonds is 6. The number of hydrogen-bond acceptors (Lipinski definition) is 7. The number of anilines is 1. The van der Waals surface area contributed by atoms with Crippen LogP contribution < -0.4 is 10.1 Å². The first-order valence-electron chi connectivity index (χ1n) is 9.36. The number of fused-ring (bicyclic) bond motifs is 3. The SMILES string of the molecule is CCCCSc1nnc2c(n1)O[C@@H](/C(C)=C\c1ccco1)Nc1ccccc1-2. The van der Waals surface area contributed by atoms with Crippen LogP contribution in [0.5, 0.6) is 5.88 Å². The molecule has 28 heavy (non-hydrogen) atoms. The highest BCUT2D eigenvalue weighted by atomic mass is 32.2. The number of furan rings is 1. The first-order chi connectivity index (χ1) is 13.7. The largest absolute Gasteiger partial charge is 0.465 e. The number of hydrogen-bond donors (Lipinski definition) is 1. The topological polar surface area (TPSA) is 73.1 Å². The van der Waals surface area contributed by atoms with Crippen LogP contribution in [-0.2, 0) is 0 Å². The van der Waals surface area contributed by atoms with E-state index in [1.807, 2.05) is 49.4 Å². The van der Waals surface area contributed by atoms with E-state index in [0.29, 0.717) is 16.7 Å². The summed E-state index contributed by atoms with van der Waals surface area (Å²) >= 11 is 1.60. The predicted octanol–water partition coefficient (Wildman–Crippen LogP) is 5.26. The molecule has 0 saturated carbocycles. The second-order valence-electron chi connectivity index (χ2n) is 6.54. The van der Waals surface area contributed by atoms with E-state index in [-0.39, 0.29) is 0 Å². The van der Waals surface area contributed by atoms with Gasteiger partial charge in [0.15, 0.2) is 11.9 Å². The molecule has 144 valence electrons. The molecule has 1 atom stereocenters. The Morgan fingerprint density at radius 3 is 2.93 bits per heavy atom. The third kappa shape index (κ3) is 4.04. The van der Waals surface area contributed by atoms with Crippen molar-refractivity contribution in [2.75, 3.05) is 11.1 Å². The zero-order valence-electron chi connectivity index (χ0n) is 15.9. The van der Waals surface area contributed by atoms with Crippen molar-refractivity contribution < 1.29 is 9.15 Å². The minimum atomic E-state index is -0.391. The highest BCUT2D eigenvalue weighted by molar-refractivity contribution is 7.99. The van der Waals surface area contributed by atoms with E-state index in [1.54, 1.807) is 18.0 Å². The number of thioether (sulfide) groups is 1. The minimum absolute atomic E-state index is 0.391. The molecule has 7 heteroatoms.